The molecule has 0 radical (unpaired) electrons. The van der Waals surface area contributed by atoms with Crippen LogP contribution in [0.15, 0.2) is 36.5 Å². The first-order valence-electron chi connectivity index (χ1n) is 13.2. The number of halogens is 3. The summed E-state index contributed by atoms with van der Waals surface area (Å²) in [6, 6.07) is 8.84. The first kappa shape index (κ1) is 29.6. The fourth-order valence-electron chi connectivity index (χ4n) is 4.99. The van der Waals surface area contributed by atoms with Crippen LogP contribution in [0.1, 0.15) is 65.8 Å². The molecule has 1 saturated heterocycles. The number of alkyl halides is 3. The second-order valence-corrected chi connectivity index (χ2v) is 12.2. The van der Waals surface area contributed by atoms with E-state index in [4.69, 9.17) is 14.0 Å². The second kappa shape index (κ2) is 10.2. The highest BCUT2D eigenvalue weighted by molar-refractivity contribution is 6.62. The molecule has 0 unspecified atom stereocenters. The Bertz CT molecular complexity index is 1330. The van der Waals surface area contributed by atoms with E-state index in [2.05, 4.69) is 4.98 Å². The van der Waals surface area contributed by atoms with Gasteiger partial charge in [0.05, 0.1) is 28.7 Å². The number of benzene rings is 1. The summed E-state index contributed by atoms with van der Waals surface area (Å²) >= 11 is 0. The Morgan fingerprint density at radius 1 is 1.10 bits per heavy atom. The molecule has 0 amide bonds. The predicted octanol–water partition coefficient (Wildman–Crippen LogP) is 5.83. The van der Waals surface area contributed by atoms with Crippen molar-refractivity contribution in [3.63, 3.8) is 0 Å². The molecule has 6 nitrogen and oxygen atoms in total. The van der Waals surface area contributed by atoms with E-state index in [-0.39, 0.29) is 6.61 Å². The smallest absolute Gasteiger partial charge is 0.399 e. The Labute approximate surface area is 228 Å². The summed E-state index contributed by atoms with van der Waals surface area (Å²) < 4.78 is 61.5. The highest BCUT2D eigenvalue weighted by atomic mass is 19.4. The zero-order valence-corrected chi connectivity index (χ0v) is 23.9. The predicted molar refractivity (Wildman–Crippen MR) is 147 cm³/mol. The van der Waals surface area contributed by atoms with Crippen LogP contribution in [0.25, 0.3) is 22.2 Å². The fourth-order valence-corrected chi connectivity index (χ4v) is 4.99. The van der Waals surface area contributed by atoms with Crippen molar-refractivity contribution >= 4 is 23.5 Å². The zero-order chi connectivity index (χ0) is 29.0. The van der Waals surface area contributed by atoms with Crippen LogP contribution >= 0.6 is 0 Å². The molecule has 1 N–H and O–H groups in total. The van der Waals surface area contributed by atoms with E-state index in [1.54, 1.807) is 37.6 Å². The van der Waals surface area contributed by atoms with Gasteiger partial charge in [-0.15, -0.1) is 0 Å². The molecule has 0 spiro atoms. The van der Waals surface area contributed by atoms with Crippen LogP contribution < -0.4 is 5.46 Å². The molecule has 1 atom stereocenters. The van der Waals surface area contributed by atoms with E-state index in [1.165, 1.54) is 4.57 Å². The zero-order valence-electron chi connectivity index (χ0n) is 23.9. The monoisotopic (exact) mass is 546 g/mol. The van der Waals surface area contributed by atoms with E-state index in [9.17, 15) is 18.3 Å². The number of fused-ring (bicyclic) bond motifs is 1. The molecular weight excluding hydrogens is 508 g/mol. The summed E-state index contributed by atoms with van der Waals surface area (Å²) in [5, 5.41) is 10.8. The van der Waals surface area contributed by atoms with Crippen molar-refractivity contribution in [2.24, 2.45) is 5.41 Å². The molecule has 1 aliphatic heterocycles. The van der Waals surface area contributed by atoms with Crippen LogP contribution in [0.3, 0.4) is 0 Å². The van der Waals surface area contributed by atoms with Gasteiger partial charge in [0.1, 0.15) is 6.54 Å². The second-order valence-electron chi connectivity index (χ2n) is 12.2. The summed E-state index contributed by atoms with van der Waals surface area (Å²) in [6.45, 7) is 12.1. The summed E-state index contributed by atoms with van der Waals surface area (Å²) in [5.41, 5.74) is 1.65. The molecule has 3 aromatic rings. The van der Waals surface area contributed by atoms with Gasteiger partial charge in [-0.3, -0.25) is 4.98 Å². The van der Waals surface area contributed by atoms with Gasteiger partial charge in [0.2, 0.25) is 0 Å². The molecule has 212 valence electrons. The third-order valence-corrected chi connectivity index (χ3v) is 7.97. The van der Waals surface area contributed by atoms with E-state index in [1.807, 2.05) is 54.5 Å². The van der Waals surface area contributed by atoms with Crippen LogP contribution in [0, 0.1) is 5.41 Å². The Kier molecular flexibility index (Phi) is 7.75. The number of aliphatic hydroxyl groups excluding tert-OH is 1. The average Bonchev–Trinajstić information content (AvgIpc) is 3.25. The van der Waals surface area contributed by atoms with Crippen LogP contribution in [0.5, 0.6) is 0 Å². The summed E-state index contributed by atoms with van der Waals surface area (Å²) in [5.74, 6) is 0. The van der Waals surface area contributed by atoms with Crippen LogP contribution in [-0.4, -0.2) is 52.9 Å². The van der Waals surface area contributed by atoms with Crippen LogP contribution in [0.2, 0.25) is 0 Å². The number of pyridine rings is 1. The maximum atomic E-state index is 14.1. The molecule has 39 heavy (non-hydrogen) atoms. The number of hydrogen-bond donors (Lipinski definition) is 1. The Morgan fingerprint density at radius 2 is 1.74 bits per heavy atom. The van der Waals surface area contributed by atoms with E-state index in [0.717, 1.165) is 5.46 Å². The van der Waals surface area contributed by atoms with Crippen molar-refractivity contribution in [2.75, 3.05) is 13.7 Å². The molecule has 1 fully saturated rings. The molecular formula is C29H38BF3N2O4. The Balaban J connectivity index is 2.04. The largest absolute Gasteiger partial charge is 0.494 e. The van der Waals surface area contributed by atoms with Gasteiger partial charge in [-0.2, -0.15) is 13.2 Å². The van der Waals surface area contributed by atoms with Crippen molar-refractivity contribution in [3.8, 4) is 11.3 Å². The molecule has 1 aliphatic rings. The highest BCUT2D eigenvalue weighted by Gasteiger charge is 2.51. The number of ether oxygens (including phenoxy) is 1. The summed E-state index contributed by atoms with van der Waals surface area (Å²) in [7, 11) is 0.871. The number of hydrogen-bond acceptors (Lipinski definition) is 5. The molecule has 1 aromatic carbocycles. The van der Waals surface area contributed by atoms with Crippen molar-refractivity contribution in [2.45, 2.75) is 84.9 Å². The molecule has 4 rings (SSSR count). The molecule has 3 heterocycles. The normalized spacial score (nSPS) is 18.2. The fraction of sp³-hybridized carbons (Fsp3) is 0.552. The minimum Gasteiger partial charge on any atom is -0.399 e. The van der Waals surface area contributed by atoms with Gasteiger partial charge in [0.15, 0.2) is 0 Å². The van der Waals surface area contributed by atoms with Crippen molar-refractivity contribution in [3.05, 3.63) is 47.8 Å². The van der Waals surface area contributed by atoms with Gasteiger partial charge in [0, 0.05) is 36.4 Å². The van der Waals surface area contributed by atoms with Gasteiger partial charge >= 0.3 is 13.3 Å². The molecule has 2 aromatic heterocycles. The SMILES string of the molecule is CO[C@@H](C)c1ncccc1-c1c(CC(C)(C)CO)c2cc(B3OC(C)(C)C(C)(C)O3)ccc2n1CC(F)(F)F. The lowest BCUT2D eigenvalue weighted by molar-refractivity contribution is -0.139. The van der Waals surface area contributed by atoms with Crippen molar-refractivity contribution in [1.29, 1.82) is 0 Å². The van der Waals surface area contributed by atoms with Gasteiger partial charge in [0.25, 0.3) is 0 Å². The maximum absolute atomic E-state index is 14.1. The first-order valence-corrected chi connectivity index (χ1v) is 13.2. The Hall–Kier alpha value is -2.40. The molecule has 0 aliphatic carbocycles. The third-order valence-electron chi connectivity index (χ3n) is 7.97. The number of aliphatic hydroxyl groups is 1. The highest BCUT2D eigenvalue weighted by Crippen LogP contribution is 2.42. The van der Waals surface area contributed by atoms with Crippen molar-refractivity contribution < 1.29 is 32.3 Å². The minimum absolute atomic E-state index is 0.135. The quantitative estimate of drug-likeness (QED) is 0.360. The Morgan fingerprint density at radius 3 is 2.31 bits per heavy atom. The van der Waals surface area contributed by atoms with E-state index >= 15 is 0 Å². The number of rotatable bonds is 8. The average molecular weight is 546 g/mol. The van der Waals surface area contributed by atoms with Gasteiger partial charge in [-0.1, -0.05) is 26.0 Å². The van der Waals surface area contributed by atoms with Crippen molar-refractivity contribution in [1.82, 2.24) is 9.55 Å². The van der Waals surface area contributed by atoms with Crippen LogP contribution in [-0.2, 0) is 27.0 Å². The molecule has 0 bridgehead atoms. The minimum atomic E-state index is -4.47. The van der Waals surface area contributed by atoms with Gasteiger partial charge in [-0.05, 0) is 75.7 Å². The lowest BCUT2D eigenvalue weighted by atomic mass is 9.77. The summed E-state index contributed by atoms with van der Waals surface area (Å²) in [6.07, 6.45) is -2.97. The number of aromatic nitrogens is 2. The third kappa shape index (κ3) is 5.75. The summed E-state index contributed by atoms with van der Waals surface area (Å²) in [4.78, 5) is 4.49. The lowest BCUT2D eigenvalue weighted by Gasteiger charge is -2.32. The lowest BCUT2D eigenvalue weighted by Crippen LogP contribution is -2.41. The standard InChI is InChI=1S/C29H38BF3N2O4/c1-18(37-8)24-20(10-9-13-34-24)25-22(15-26(2,3)17-36)21-14-19(30-38-27(4,5)28(6,7)39-30)11-12-23(21)35(25)16-29(31,32)33/h9-14,18,36H,15-17H2,1-8H3/t18-/m0/s1. The molecule has 10 heteroatoms. The topological polar surface area (TPSA) is 65.7 Å². The van der Waals surface area contributed by atoms with E-state index in [0.29, 0.717) is 39.8 Å². The van der Waals surface area contributed by atoms with Gasteiger partial charge < -0.3 is 23.7 Å². The van der Waals surface area contributed by atoms with Gasteiger partial charge in [-0.25, -0.2) is 0 Å². The number of nitrogens with zero attached hydrogens (tertiary/aromatic N) is 2. The van der Waals surface area contributed by atoms with Crippen LogP contribution in [0.4, 0.5) is 13.2 Å². The molecule has 0 saturated carbocycles. The number of methoxy groups -OCH3 is 1. The van der Waals surface area contributed by atoms with E-state index < -0.39 is 42.6 Å². The first-order chi connectivity index (χ1) is 18.0. The maximum Gasteiger partial charge on any atom is 0.494 e.